The molecule has 1 aromatic rings. The van der Waals surface area contributed by atoms with Gasteiger partial charge in [0, 0.05) is 21.1 Å². The SMILES string of the molecule is CN(C)C1=Nc2ncn(C)c2C(=O)[N]1. The molecular formula is C8H10N5O. The van der Waals surface area contributed by atoms with E-state index in [4.69, 9.17) is 0 Å². The standard InChI is InChI=1S/C8H10N5O/c1-12(2)8-10-6-5(7(14)11-8)13(3)4-9-6/h4H,1-3H3. The lowest BCUT2D eigenvalue weighted by Gasteiger charge is -2.17. The number of hydrogen-bond donors (Lipinski definition) is 0. The number of nitrogens with zero attached hydrogens (tertiary/aromatic N) is 5. The largest absolute Gasteiger partial charge is 0.347 e. The van der Waals surface area contributed by atoms with Gasteiger partial charge in [0.2, 0.25) is 5.96 Å². The first-order valence-corrected chi connectivity index (χ1v) is 4.13. The smallest absolute Gasteiger partial charge is 0.300 e. The lowest BCUT2D eigenvalue weighted by Crippen LogP contribution is -2.37. The quantitative estimate of drug-likeness (QED) is 0.568. The van der Waals surface area contributed by atoms with Crippen LogP contribution in [0.15, 0.2) is 11.3 Å². The predicted octanol–water partition coefficient (Wildman–Crippen LogP) is -0.273. The third kappa shape index (κ3) is 1.15. The normalized spacial score (nSPS) is 14.5. The highest BCUT2D eigenvalue weighted by molar-refractivity contribution is 6.10. The van der Waals surface area contributed by atoms with Crippen molar-refractivity contribution in [3.63, 3.8) is 0 Å². The highest BCUT2D eigenvalue weighted by Crippen LogP contribution is 2.20. The molecule has 1 aliphatic heterocycles. The summed E-state index contributed by atoms with van der Waals surface area (Å²) in [5.74, 6) is 0.538. The Morgan fingerprint density at radius 2 is 2.14 bits per heavy atom. The van der Waals surface area contributed by atoms with Crippen molar-refractivity contribution in [2.45, 2.75) is 0 Å². The molecule has 0 aliphatic carbocycles. The third-order valence-corrected chi connectivity index (χ3v) is 1.93. The zero-order valence-electron chi connectivity index (χ0n) is 8.22. The molecule has 0 saturated heterocycles. The van der Waals surface area contributed by atoms with Gasteiger partial charge in [-0.2, -0.15) is 10.3 Å². The number of aryl methyl sites for hydroxylation is 1. The summed E-state index contributed by atoms with van der Waals surface area (Å²) in [4.78, 5) is 21.4. The van der Waals surface area contributed by atoms with Crippen molar-refractivity contribution in [2.75, 3.05) is 14.1 Å². The Morgan fingerprint density at radius 1 is 1.43 bits per heavy atom. The zero-order valence-corrected chi connectivity index (χ0v) is 8.22. The molecule has 6 nitrogen and oxygen atoms in total. The van der Waals surface area contributed by atoms with Crippen LogP contribution in [0, 0.1) is 0 Å². The maximum absolute atomic E-state index is 11.5. The molecule has 0 bridgehead atoms. The summed E-state index contributed by atoms with van der Waals surface area (Å²) in [5.41, 5.74) is 0.440. The second-order valence-electron chi connectivity index (χ2n) is 3.25. The minimum atomic E-state index is -0.293. The molecule has 0 saturated carbocycles. The fourth-order valence-corrected chi connectivity index (χ4v) is 1.21. The van der Waals surface area contributed by atoms with E-state index >= 15 is 0 Å². The van der Waals surface area contributed by atoms with Crippen LogP contribution in [0.4, 0.5) is 5.82 Å². The molecule has 14 heavy (non-hydrogen) atoms. The van der Waals surface area contributed by atoms with E-state index in [1.807, 2.05) is 0 Å². The van der Waals surface area contributed by atoms with Crippen molar-refractivity contribution >= 4 is 17.7 Å². The monoisotopic (exact) mass is 192 g/mol. The van der Waals surface area contributed by atoms with Gasteiger partial charge in [0.15, 0.2) is 11.5 Å². The Bertz CT molecular complexity index is 417. The van der Waals surface area contributed by atoms with Gasteiger partial charge in [-0.25, -0.2) is 4.98 Å². The number of carbonyl (C=O) groups excluding carboxylic acids is 1. The molecule has 1 radical (unpaired) electrons. The second-order valence-corrected chi connectivity index (χ2v) is 3.25. The van der Waals surface area contributed by atoms with Crippen molar-refractivity contribution < 1.29 is 4.79 Å². The van der Waals surface area contributed by atoms with Crippen LogP contribution in [0.25, 0.3) is 0 Å². The first-order chi connectivity index (χ1) is 6.59. The van der Waals surface area contributed by atoms with Crippen LogP contribution in [-0.4, -0.2) is 40.4 Å². The molecule has 0 atom stereocenters. The van der Waals surface area contributed by atoms with Gasteiger partial charge in [0.25, 0.3) is 0 Å². The first kappa shape index (κ1) is 8.74. The molecule has 0 fully saturated rings. The molecule has 2 heterocycles. The second kappa shape index (κ2) is 2.83. The number of hydrogen-bond acceptors (Lipinski definition) is 4. The summed E-state index contributed by atoms with van der Waals surface area (Å²) in [6.07, 6.45) is 1.56. The fraction of sp³-hybridized carbons (Fsp3) is 0.375. The van der Waals surface area contributed by atoms with Crippen LogP contribution in [-0.2, 0) is 7.05 Å². The Hall–Kier alpha value is -1.85. The topological polar surface area (TPSA) is 64.6 Å². The number of amides is 1. The molecule has 2 rings (SSSR count). The summed E-state index contributed by atoms with van der Waals surface area (Å²) >= 11 is 0. The first-order valence-electron chi connectivity index (χ1n) is 4.13. The van der Waals surface area contributed by atoms with Crippen molar-refractivity contribution in [2.24, 2.45) is 12.0 Å². The predicted molar refractivity (Wildman–Crippen MR) is 50.5 cm³/mol. The molecule has 6 heteroatoms. The van der Waals surface area contributed by atoms with Crippen molar-refractivity contribution in [1.29, 1.82) is 0 Å². The molecule has 0 spiro atoms. The lowest BCUT2D eigenvalue weighted by molar-refractivity contribution is 0.0960. The number of aromatic nitrogens is 2. The average Bonchev–Trinajstić information content (AvgIpc) is 2.48. The highest BCUT2D eigenvalue weighted by Gasteiger charge is 2.26. The van der Waals surface area contributed by atoms with Crippen LogP contribution >= 0.6 is 0 Å². The number of fused-ring (bicyclic) bond motifs is 1. The van der Waals surface area contributed by atoms with Crippen LogP contribution in [0.5, 0.6) is 0 Å². The Balaban J connectivity index is 2.51. The summed E-state index contributed by atoms with van der Waals surface area (Å²) in [6.45, 7) is 0. The van der Waals surface area contributed by atoms with Gasteiger partial charge in [-0.1, -0.05) is 0 Å². The van der Waals surface area contributed by atoms with E-state index in [-0.39, 0.29) is 5.91 Å². The van der Waals surface area contributed by atoms with Crippen molar-refractivity contribution in [1.82, 2.24) is 19.8 Å². The summed E-state index contributed by atoms with van der Waals surface area (Å²) in [7, 11) is 5.31. The number of carbonyl (C=O) groups is 1. The van der Waals surface area contributed by atoms with E-state index < -0.39 is 0 Å². The van der Waals surface area contributed by atoms with Gasteiger partial charge in [-0.05, 0) is 0 Å². The van der Waals surface area contributed by atoms with Gasteiger partial charge in [0.05, 0.1) is 6.33 Å². The van der Waals surface area contributed by atoms with E-state index in [1.165, 1.54) is 0 Å². The number of imidazole rings is 1. The fourth-order valence-electron chi connectivity index (χ4n) is 1.21. The van der Waals surface area contributed by atoms with E-state index in [0.29, 0.717) is 17.5 Å². The lowest BCUT2D eigenvalue weighted by atomic mass is 10.3. The van der Waals surface area contributed by atoms with Crippen molar-refractivity contribution in [3.05, 3.63) is 12.0 Å². The van der Waals surface area contributed by atoms with Crippen LogP contribution in [0.1, 0.15) is 10.5 Å². The highest BCUT2D eigenvalue weighted by atomic mass is 16.2. The zero-order chi connectivity index (χ0) is 10.3. The molecule has 0 unspecified atom stereocenters. The number of aliphatic imine (C=N–C) groups is 1. The maximum Gasteiger partial charge on any atom is 0.300 e. The van der Waals surface area contributed by atoms with Gasteiger partial charge in [-0.3, -0.25) is 4.79 Å². The van der Waals surface area contributed by atoms with Gasteiger partial charge in [-0.15, -0.1) is 0 Å². The molecular weight excluding hydrogens is 182 g/mol. The Labute approximate surface area is 81.3 Å². The van der Waals surface area contributed by atoms with Crippen LogP contribution in [0.2, 0.25) is 0 Å². The van der Waals surface area contributed by atoms with Gasteiger partial charge >= 0.3 is 5.91 Å². The van der Waals surface area contributed by atoms with E-state index in [2.05, 4.69) is 15.3 Å². The number of rotatable bonds is 0. The molecule has 73 valence electrons. The van der Waals surface area contributed by atoms with E-state index in [1.54, 1.807) is 36.9 Å². The minimum absolute atomic E-state index is 0.293. The summed E-state index contributed by atoms with van der Waals surface area (Å²) in [6, 6.07) is 0. The Kier molecular flexibility index (Phi) is 1.77. The van der Waals surface area contributed by atoms with Crippen LogP contribution in [0.3, 0.4) is 0 Å². The Morgan fingerprint density at radius 3 is 2.79 bits per heavy atom. The summed E-state index contributed by atoms with van der Waals surface area (Å²) < 4.78 is 1.62. The average molecular weight is 192 g/mol. The molecule has 0 aromatic carbocycles. The van der Waals surface area contributed by atoms with Crippen molar-refractivity contribution in [3.8, 4) is 0 Å². The van der Waals surface area contributed by atoms with Crippen LogP contribution < -0.4 is 5.32 Å². The van der Waals surface area contributed by atoms with Gasteiger partial charge in [0.1, 0.15) is 0 Å². The molecule has 1 amide bonds. The van der Waals surface area contributed by atoms with E-state index in [9.17, 15) is 4.79 Å². The maximum atomic E-state index is 11.5. The van der Waals surface area contributed by atoms with Gasteiger partial charge < -0.3 is 9.47 Å². The third-order valence-electron chi connectivity index (χ3n) is 1.93. The molecule has 0 N–H and O–H groups in total. The minimum Gasteiger partial charge on any atom is -0.347 e. The molecule has 1 aliphatic rings. The van der Waals surface area contributed by atoms with E-state index in [0.717, 1.165) is 0 Å². The summed E-state index contributed by atoms with van der Waals surface area (Å²) in [5, 5.41) is 3.83. The number of guanidine groups is 1. The molecule has 1 aromatic heterocycles.